The van der Waals surface area contributed by atoms with Crippen molar-refractivity contribution in [3.8, 4) is 0 Å². The third-order valence-corrected chi connectivity index (χ3v) is 5.37. The maximum absolute atomic E-state index is 12.3. The number of sulfonamides is 1. The maximum atomic E-state index is 12.3. The second-order valence-corrected chi connectivity index (χ2v) is 7.09. The van der Waals surface area contributed by atoms with E-state index in [4.69, 9.17) is 4.42 Å². The highest BCUT2D eigenvalue weighted by Gasteiger charge is 2.26. The Kier molecular flexibility index (Phi) is 6.52. The zero-order valence-electron chi connectivity index (χ0n) is 11.6. The lowest BCUT2D eigenvalue weighted by Crippen LogP contribution is -2.27. The van der Waals surface area contributed by atoms with Crippen molar-refractivity contribution >= 4 is 26.0 Å². The van der Waals surface area contributed by atoms with Crippen LogP contribution in [-0.4, -0.2) is 32.9 Å². The SMILES string of the molecule is CCCNCc1cc(S(=O)(=O)N(C)CCC)c(Br)o1. The number of halogens is 1. The first-order chi connectivity index (χ1) is 8.93. The van der Waals surface area contributed by atoms with Gasteiger partial charge < -0.3 is 9.73 Å². The summed E-state index contributed by atoms with van der Waals surface area (Å²) in [6.07, 6.45) is 1.79. The molecule has 0 fully saturated rings. The fraction of sp³-hybridized carbons (Fsp3) is 0.667. The molecular weight excluding hydrogens is 332 g/mol. The molecule has 0 aliphatic carbocycles. The van der Waals surface area contributed by atoms with Gasteiger partial charge in [0.2, 0.25) is 10.0 Å². The van der Waals surface area contributed by atoms with E-state index < -0.39 is 10.0 Å². The Morgan fingerprint density at radius 2 is 2.05 bits per heavy atom. The first kappa shape index (κ1) is 16.7. The lowest BCUT2D eigenvalue weighted by Gasteiger charge is -2.14. The molecule has 0 bridgehead atoms. The summed E-state index contributed by atoms with van der Waals surface area (Å²) in [5.74, 6) is 0.615. The van der Waals surface area contributed by atoms with Crippen molar-refractivity contribution < 1.29 is 12.8 Å². The molecular formula is C12H21BrN2O3S. The first-order valence-corrected chi connectivity index (χ1v) is 8.62. The van der Waals surface area contributed by atoms with Gasteiger partial charge in [0, 0.05) is 19.7 Å². The minimum Gasteiger partial charge on any atom is -0.452 e. The van der Waals surface area contributed by atoms with Gasteiger partial charge in [-0.25, -0.2) is 12.7 Å². The Hall–Kier alpha value is -0.370. The first-order valence-electron chi connectivity index (χ1n) is 6.38. The molecule has 1 N–H and O–H groups in total. The summed E-state index contributed by atoms with van der Waals surface area (Å²) in [5.41, 5.74) is 0. The predicted octanol–water partition coefficient (Wildman–Crippen LogP) is 2.57. The van der Waals surface area contributed by atoms with E-state index in [1.54, 1.807) is 13.1 Å². The predicted molar refractivity (Wildman–Crippen MR) is 78.5 cm³/mol. The van der Waals surface area contributed by atoms with Crippen LogP contribution in [0, 0.1) is 0 Å². The average Bonchev–Trinajstić information content (AvgIpc) is 2.72. The molecule has 0 unspecified atom stereocenters. The lowest BCUT2D eigenvalue weighted by atomic mass is 10.4. The van der Waals surface area contributed by atoms with E-state index in [2.05, 4.69) is 28.2 Å². The lowest BCUT2D eigenvalue weighted by molar-refractivity contribution is 0.451. The van der Waals surface area contributed by atoms with E-state index in [0.717, 1.165) is 19.4 Å². The van der Waals surface area contributed by atoms with Crippen LogP contribution >= 0.6 is 15.9 Å². The molecule has 0 saturated heterocycles. The number of nitrogens with one attached hydrogen (secondary N) is 1. The van der Waals surface area contributed by atoms with Gasteiger partial charge in [0.05, 0.1) is 6.54 Å². The summed E-state index contributed by atoms with van der Waals surface area (Å²) in [6.45, 7) is 5.90. The van der Waals surface area contributed by atoms with Crippen LogP contribution in [0.25, 0.3) is 0 Å². The minimum absolute atomic E-state index is 0.191. The largest absolute Gasteiger partial charge is 0.452 e. The van der Waals surface area contributed by atoms with Crippen LogP contribution in [0.15, 0.2) is 20.0 Å². The third kappa shape index (κ3) is 4.30. The second kappa shape index (κ2) is 7.42. The molecule has 1 aromatic rings. The number of hydrogen-bond acceptors (Lipinski definition) is 4. The molecule has 1 heterocycles. The Morgan fingerprint density at radius 3 is 2.63 bits per heavy atom. The van der Waals surface area contributed by atoms with Gasteiger partial charge in [-0.2, -0.15) is 0 Å². The summed E-state index contributed by atoms with van der Waals surface area (Å²) in [4.78, 5) is 0.191. The molecule has 0 amide bonds. The molecule has 0 atom stereocenters. The molecule has 7 heteroatoms. The van der Waals surface area contributed by atoms with Gasteiger partial charge in [-0.3, -0.25) is 0 Å². The summed E-state index contributed by atoms with van der Waals surface area (Å²) >= 11 is 3.18. The van der Waals surface area contributed by atoms with Crippen molar-refractivity contribution in [2.24, 2.45) is 0 Å². The Balaban J connectivity index is 2.89. The van der Waals surface area contributed by atoms with Gasteiger partial charge >= 0.3 is 0 Å². The summed E-state index contributed by atoms with van der Waals surface area (Å²) in [7, 11) is -1.90. The average molecular weight is 353 g/mol. The normalized spacial score (nSPS) is 12.3. The smallest absolute Gasteiger partial charge is 0.247 e. The summed E-state index contributed by atoms with van der Waals surface area (Å²) in [5, 5.41) is 3.17. The van der Waals surface area contributed by atoms with Crippen LogP contribution < -0.4 is 5.32 Å². The number of nitrogens with zero attached hydrogens (tertiary/aromatic N) is 1. The van der Waals surface area contributed by atoms with E-state index in [9.17, 15) is 8.42 Å². The van der Waals surface area contributed by atoms with E-state index in [-0.39, 0.29) is 9.56 Å². The van der Waals surface area contributed by atoms with Crippen molar-refractivity contribution in [1.29, 1.82) is 0 Å². The second-order valence-electron chi connectivity index (χ2n) is 4.35. The van der Waals surface area contributed by atoms with Gasteiger partial charge in [0.15, 0.2) is 4.67 Å². The molecule has 1 aromatic heterocycles. The molecule has 0 saturated carbocycles. The van der Waals surface area contributed by atoms with Crippen LogP contribution in [0.1, 0.15) is 32.4 Å². The van der Waals surface area contributed by atoms with Crippen LogP contribution in [0.5, 0.6) is 0 Å². The van der Waals surface area contributed by atoms with Crippen molar-refractivity contribution in [2.75, 3.05) is 20.1 Å². The zero-order chi connectivity index (χ0) is 14.5. The molecule has 0 aliphatic heterocycles. The molecule has 1 rings (SSSR count). The van der Waals surface area contributed by atoms with Gasteiger partial charge in [-0.05, 0) is 35.3 Å². The quantitative estimate of drug-likeness (QED) is 0.730. The Labute approximate surface area is 123 Å². The standard InChI is InChI=1S/C12H21BrN2O3S/c1-4-6-14-9-10-8-11(12(13)18-10)19(16,17)15(3)7-5-2/h8,14H,4-7,9H2,1-3H3. The molecule has 0 radical (unpaired) electrons. The monoisotopic (exact) mass is 352 g/mol. The zero-order valence-corrected chi connectivity index (χ0v) is 14.0. The molecule has 0 aromatic carbocycles. The third-order valence-electron chi connectivity index (χ3n) is 2.66. The van der Waals surface area contributed by atoms with E-state index >= 15 is 0 Å². The van der Waals surface area contributed by atoms with Gasteiger partial charge in [-0.15, -0.1) is 0 Å². The Bertz CT molecular complexity index is 499. The van der Waals surface area contributed by atoms with E-state index in [1.807, 2.05) is 6.92 Å². The van der Waals surface area contributed by atoms with Crippen molar-refractivity contribution in [2.45, 2.75) is 38.1 Å². The molecule has 0 aliphatic rings. The fourth-order valence-electron chi connectivity index (χ4n) is 1.65. The van der Waals surface area contributed by atoms with Crippen molar-refractivity contribution in [3.05, 3.63) is 16.5 Å². The maximum Gasteiger partial charge on any atom is 0.247 e. The molecule has 19 heavy (non-hydrogen) atoms. The van der Waals surface area contributed by atoms with Crippen LogP contribution in [0.2, 0.25) is 0 Å². The van der Waals surface area contributed by atoms with Crippen molar-refractivity contribution in [1.82, 2.24) is 9.62 Å². The highest BCUT2D eigenvalue weighted by molar-refractivity contribution is 9.10. The number of rotatable bonds is 8. The highest BCUT2D eigenvalue weighted by atomic mass is 79.9. The van der Waals surface area contributed by atoms with Crippen molar-refractivity contribution in [3.63, 3.8) is 0 Å². The van der Waals surface area contributed by atoms with E-state index in [1.165, 1.54) is 4.31 Å². The topological polar surface area (TPSA) is 62.6 Å². The molecule has 5 nitrogen and oxygen atoms in total. The highest BCUT2D eigenvalue weighted by Crippen LogP contribution is 2.28. The summed E-state index contributed by atoms with van der Waals surface area (Å²) < 4.78 is 31.6. The van der Waals surface area contributed by atoms with Gasteiger partial charge in [-0.1, -0.05) is 13.8 Å². The van der Waals surface area contributed by atoms with Gasteiger partial charge in [0.25, 0.3) is 0 Å². The molecule has 0 spiro atoms. The van der Waals surface area contributed by atoms with Crippen LogP contribution in [0.3, 0.4) is 0 Å². The number of hydrogen-bond donors (Lipinski definition) is 1. The fourth-order valence-corrected chi connectivity index (χ4v) is 3.87. The molecule has 110 valence electrons. The van der Waals surface area contributed by atoms with Gasteiger partial charge in [0.1, 0.15) is 10.7 Å². The van der Waals surface area contributed by atoms with Crippen LogP contribution in [-0.2, 0) is 16.6 Å². The summed E-state index contributed by atoms with van der Waals surface area (Å²) in [6, 6.07) is 1.58. The minimum atomic E-state index is -3.48. The van der Waals surface area contributed by atoms with Crippen LogP contribution in [0.4, 0.5) is 0 Å². The van der Waals surface area contributed by atoms with E-state index in [0.29, 0.717) is 18.8 Å². The Morgan fingerprint density at radius 1 is 1.37 bits per heavy atom. The number of furan rings is 1.